The summed E-state index contributed by atoms with van der Waals surface area (Å²) in [6.45, 7) is 2.33. The molecule has 35 heavy (non-hydrogen) atoms. The van der Waals surface area contributed by atoms with E-state index in [-0.39, 0.29) is 0 Å². The summed E-state index contributed by atoms with van der Waals surface area (Å²) >= 11 is 0. The Balaban J connectivity index is 1.22. The zero-order valence-corrected chi connectivity index (χ0v) is 19.4. The molecule has 2 aromatic heterocycles. The number of ether oxygens (including phenoxy) is 1. The van der Waals surface area contributed by atoms with Gasteiger partial charge in [0, 0.05) is 10.8 Å². The van der Waals surface area contributed by atoms with Crippen LogP contribution in [0, 0.1) is 0 Å². The highest BCUT2D eigenvalue weighted by molar-refractivity contribution is 5.82. The van der Waals surface area contributed by atoms with Crippen molar-refractivity contribution < 1.29 is 4.74 Å². The minimum absolute atomic E-state index is 0.433. The Bertz CT molecular complexity index is 1450. The highest BCUT2D eigenvalue weighted by Crippen LogP contribution is 2.23. The van der Waals surface area contributed by atoms with Crippen molar-refractivity contribution >= 4 is 21.8 Å². The van der Waals surface area contributed by atoms with Gasteiger partial charge in [-0.2, -0.15) is 10.2 Å². The molecule has 0 unspecified atom stereocenters. The lowest BCUT2D eigenvalue weighted by Gasteiger charge is -2.03. The number of hydrogen-bond donors (Lipinski definition) is 0. The van der Waals surface area contributed by atoms with E-state index in [2.05, 4.69) is 106 Å². The summed E-state index contributed by atoms with van der Waals surface area (Å²) in [4.78, 5) is 0. The van der Waals surface area contributed by atoms with E-state index in [0.717, 1.165) is 46.3 Å². The molecule has 0 N–H and O–H groups in total. The second-order valence-electron chi connectivity index (χ2n) is 8.71. The maximum atomic E-state index is 6.20. The van der Waals surface area contributed by atoms with E-state index in [9.17, 15) is 0 Å². The van der Waals surface area contributed by atoms with Gasteiger partial charge in [0.25, 0.3) is 0 Å². The fourth-order valence-electron chi connectivity index (χ4n) is 4.60. The van der Waals surface area contributed by atoms with E-state index >= 15 is 0 Å². The highest BCUT2D eigenvalue weighted by Gasteiger charge is 2.13. The van der Waals surface area contributed by atoms with Gasteiger partial charge >= 0.3 is 0 Å². The summed E-state index contributed by atoms with van der Waals surface area (Å²) in [6, 6.07) is 37.5. The van der Waals surface area contributed by atoms with Crippen LogP contribution >= 0.6 is 0 Å². The van der Waals surface area contributed by atoms with Crippen LogP contribution in [0.2, 0.25) is 0 Å². The number of nitrogens with zero attached hydrogens (tertiary/aromatic N) is 4. The topological polar surface area (TPSA) is 44.9 Å². The molecule has 0 radical (unpaired) electrons. The van der Waals surface area contributed by atoms with Crippen LogP contribution in [-0.2, 0) is 31.0 Å². The molecule has 6 rings (SSSR count). The standard InChI is InChI=1S/C30H26N4O/c1-3-11-23(12-4-1)19-33-29-17-9-7-15-25(29)27(31-33)21-35-22-28-26-16-8-10-18-30(26)34(32-28)20-24-13-5-2-6-14-24/h1-18H,19-22H2. The summed E-state index contributed by atoms with van der Waals surface area (Å²) in [5, 5.41) is 12.1. The van der Waals surface area contributed by atoms with Crippen molar-refractivity contribution in [3.63, 3.8) is 0 Å². The zero-order chi connectivity index (χ0) is 23.5. The largest absolute Gasteiger partial charge is 0.369 e. The maximum Gasteiger partial charge on any atom is 0.0960 e. The van der Waals surface area contributed by atoms with Gasteiger partial charge in [-0.05, 0) is 23.3 Å². The third kappa shape index (κ3) is 4.46. The zero-order valence-electron chi connectivity index (χ0n) is 19.4. The molecule has 0 atom stereocenters. The fourth-order valence-corrected chi connectivity index (χ4v) is 4.60. The molecule has 0 spiro atoms. The molecule has 5 heteroatoms. The molecule has 0 saturated heterocycles. The number of fused-ring (bicyclic) bond motifs is 2. The number of para-hydroxylation sites is 2. The number of aromatic nitrogens is 4. The van der Waals surface area contributed by atoms with Crippen LogP contribution in [-0.4, -0.2) is 19.6 Å². The predicted molar refractivity (Wildman–Crippen MR) is 139 cm³/mol. The number of benzene rings is 4. The van der Waals surface area contributed by atoms with Crippen molar-refractivity contribution in [3.8, 4) is 0 Å². The van der Waals surface area contributed by atoms with Crippen LogP contribution in [0.4, 0.5) is 0 Å². The minimum Gasteiger partial charge on any atom is -0.369 e. The quantitative estimate of drug-likeness (QED) is 0.273. The average Bonchev–Trinajstić information content (AvgIpc) is 3.44. The van der Waals surface area contributed by atoms with Crippen molar-refractivity contribution in [2.45, 2.75) is 26.3 Å². The molecular formula is C30H26N4O. The van der Waals surface area contributed by atoms with Crippen LogP contribution in [0.25, 0.3) is 21.8 Å². The van der Waals surface area contributed by atoms with Crippen molar-refractivity contribution in [2.75, 3.05) is 0 Å². The summed E-state index contributed by atoms with van der Waals surface area (Å²) < 4.78 is 10.3. The molecule has 0 bridgehead atoms. The molecule has 0 aliphatic carbocycles. The molecule has 0 aliphatic rings. The lowest BCUT2D eigenvalue weighted by Crippen LogP contribution is -2.04. The first-order chi connectivity index (χ1) is 17.3. The summed E-state index contributed by atoms with van der Waals surface area (Å²) in [6.07, 6.45) is 0. The first-order valence-electron chi connectivity index (χ1n) is 11.9. The first kappa shape index (κ1) is 21.3. The Morgan fingerprint density at radius 3 is 1.34 bits per heavy atom. The molecule has 0 saturated carbocycles. The lowest BCUT2D eigenvalue weighted by atomic mass is 10.2. The van der Waals surface area contributed by atoms with Crippen molar-refractivity contribution in [3.05, 3.63) is 132 Å². The number of rotatable bonds is 8. The lowest BCUT2D eigenvalue weighted by molar-refractivity contribution is 0.103. The molecule has 2 heterocycles. The van der Waals surface area contributed by atoms with E-state index in [4.69, 9.17) is 14.9 Å². The predicted octanol–water partition coefficient (Wildman–Crippen LogP) is 6.20. The monoisotopic (exact) mass is 458 g/mol. The summed E-state index contributed by atoms with van der Waals surface area (Å²) in [7, 11) is 0. The van der Waals surface area contributed by atoms with Crippen LogP contribution in [0.15, 0.2) is 109 Å². The normalized spacial score (nSPS) is 11.4. The SMILES string of the molecule is c1ccc(Cn2nc(COCc3nn(Cc4ccccc4)c4ccccc34)c3ccccc32)cc1. The van der Waals surface area contributed by atoms with Gasteiger partial charge < -0.3 is 4.74 Å². The second-order valence-corrected chi connectivity index (χ2v) is 8.71. The van der Waals surface area contributed by atoms with E-state index in [1.807, 2.05) is 12.1 Å². The second kappa shape index (κ2) is 9.57. The summed E-state index contributed by atoms with van der Waals surface area (Å²) in [5.74, 6) is 0. The number of hydrogen-bond acceptors (Lipinski definition) is 3. The smallest absolute Gasteiger partial charge is 0.0960 e. The molecule has 0 fully saturated rings. The molecular weight excluding hydrogens is 432 g/mol. The third-order valence-electron chi connectivity index (χ3n) is 6.30. The maximum absolute atomic E-state index is 6.20. The van der Waals surface area contributed by atoms with E-state index < -0.39 is 0 Å². The first-order valence-corrected chi connectivity index (χ1v) is 11.9. The Morgan fingerprint density at radius 1 is 0.486 bits per heavy atom. The van der Waals surface area contributed by atoms with E-state index in [1.165, 1.54) is 11.1 Å². The van der Waals surface area contributed by atoms with Gasteiger partial charge in [0.05, 0.1) is 48.7 Å². The van der Waals surface area contributed by atoms with Gasteiger partial charge in [-0.25, -0.2) is 0 Å². The van der Waals surface area contributed by atoms with Gasteiger partial charge in [0.2, 0.25) is 0 Å². The molecule has 4 aromatic carbocycles. The van der Waals surface area contributed by atoms with E-state index in [1.54, 1.807) is 0 Å². The van der Waals surface area contributed by atoms with Gasteiger partial charge in [0.1, 0.15) is 0 Å². The van der Waals surface area contributed by atoms with Crippen LogP contribution in [0.5, 0.6) is 0 Å². The Labute approximate surface area is 204 Å². The molecule has 0 amide bonds. The van der Waals surface area contributed by atoms with Crippen LogP contribution in [0.3, 0.4) is 0 Å². The molecule has 0 aliphatic heterocycles. The summed E-state index contributed by atoms with van der Waals surface area (Å²) in [5.41, 5.74) is 6.58. The van der Waals surface area contributed by atoms with Gasteiger partial charge in [-0.1, -0.05) is 97.1 Å². The Hall–Kier alpha value is -4.22. The van der Waals surface area contributed by atoms with Crippen molar-refractivity contribution in [2.24, 2.45) is 0 Å². The van der Waals surface area contributed by atoms with Gasteiger partial charge in [-0.15, -0.1) is 0 Å². The minimum atomic E-state index is 0.433. The average molecular weight is 459 g/mol. The van der Waals surface area contributed by atoms with Crippen LogP contribution in [0.1, 0.15) is 22.5 Å². The molecule has 5 nitrogen and oxygen atoms in total. The van der Waals surface area contributed by atoms with E-state index in [0.29, 0.717) is 13.2 Å². The van der Waals surface area contributed by atoms with Gasteiger partial charge in [0.15, 0.2) is 0 Å². The van der Waals surface area contributed by atoms with Gasteiger partial charge in [-0.3, -0.25) is 9.36 Å². The molecule has 172 valence electrons. The highest BCUT2D eigenvalue weighted by atomic mass is 16.5. The molecule has 6 aromatic rings. The van der Waals surface area contributed by atoms with Crippen molar-refractivity contribution in [1.29, 1.82) is 0 Å². The van der Waals surface area contributed by atoms with Crippen molar-refractivity contribution in [1.82, 2.24) is 19.6 Å². The Kier molecular flexibility index (Phi) is 5.83. The Morgan fingerprint density at radius 2 is 0.886 bits per heavy atom. The third-order valence-corrected chi connectivity index (χ3v) is 6.30. The van der Waals surface area contributed by atoms with Crippen LogP contribution < -0.4 is 0 Å². The fraction of sp³-hybridized carbons (Fsp3) is 0.133.